The third-order valence-electron chi connectivity index (χ3n) is 5.52. The van der Waals surface area contributed by atoms with Crippen molar-refractivity contribution in [1.29, 1.82) is 0 Å². The second kappa shape index (κ2) is 8.45. The maximum Gasteiger partial charge on any atom is 0.238 e. The van der Waals surface area contributed by atoms with Crippen LogP contribution in [0.3, 0.4) is 0 Å². The standard InChI is InChI=1S/C24H25N3O2/c1-26-15-7-13-21(26)22-14-8-16-27(22)17-23(28)25-20-12-6-5-11-19(20)24(29)18-9-3-2-4-10-18/h2-7,9-13,15,22H,8,14,16-17H2,1H3,(H,25,28)/t22-/m1/s1. The molecule has 1 aliphatic rings. The molecule has 0 bridgehead atoms. The van der Waals surface area contributed by atoms with Gasteiger partial charge in [-0.05, 0) is 43.7 Å². The molecular formula is C24H25N3O2. The lowest BCUT2D eigenvalue weighted by atomic mass is 10.0. The number of aromatic nitrogens is 1. The number of hydrogen-bond donors (Lipinski definition) is 1. The molecule has 5 nitrogen and oxygen atoms in total. The predicted molar refractivity (Wildman–Crippen MR) is 114 cm³/mol. The van der Waals surface area contributed by atoms with Crippen LogP contribution in [0.25, 0.3) is 0 Å². The molecule has 1 aliphatic heterocycles. The monoisotopic (exact) mass is 387 g/mol. The van der Waals surface area contributed by atoms with Crippen molar-refractivity contribution in [3.63, 3.8) is 0 Å². The van der Waals surface area contributed by atoms with Crippen molar-refractivity contribution in [2.45, 2.75) is 18.9 Å². The Hall–Kier alpha value is -3.18. The van der Waals surface area contributed by atoms with Gasteiger partial charge in [-0.2, -0.15) is 0 Å². The van der Waals surface area contributed by atoms with E-state index in [1.807, 2.05) is 49.6 Å². The van der Waals surface area contributed by atoms with E-state index < -0.39 is 0 Å². The number of nitrogens with zero attached hydrogens (tertiary/aromatic N) is 2. The Labute approximate surface area is 171 Å². The number of hydrogen-bond acceptors (Lipinski definition) is 3. The lowest BCUT2D eigenvalue weighted by Gasteiger charge is -2.24. The summed E-state index contributed by atoms with van der Waals surface area (Å²) in [5, 5.41) is 2.96. The van der Waals surface area contributed by atoms with Crippen molar-refractivity contribution in [3.05, 3.63) is 89.7 Å². The number of ketones is 1. The van der Waals surface area contributed by atoms with Crippen molar-refractivity contribution in [1.82, 2.24) is 9.47 Å². The van der Waals surface area contributed by atoms with Crippen molar-refractivity contribution < 1.29 is 9.59 Å². The fraction of sp³-hybridized carbons (Fsp3) is 0.250. The summed E-state index contributed by atoms with van der Waals surface area (Å²) in [5.74, 6) is -0.191. The Kier molecular flexibility index (Phi) is 5.58. The molecule has 1 saturated heterocycles. The van der Waals surface area contributed by atoms with Crippen molar-refractivity contribution >= 4 is 17.4 Å². The fourth-order valence-electron chi connectivity index (χ4n) is 4.08. The lowest BCUT2D eigenvalue weighted by molar-refractivity contribution is -0.117. The summed E-state index contributed by atoms with van der Waals surface area (Å²) in [6, 6.07) is 20.7. The van der Waals surface area contributed by atoms with Crippen LogP contribution in [0.4, 0.5) is 5.69 Å². The minimum absolute atomic E-state index is 0.0932. The summed E-state index contributed by atoms with van der Waals surface area (Å²) in [6.45, 7) is 1.21. The van der Waals surface area contributed by atoms with Crippen molar-refractivity contribution in [2.24, 2.45) is 7.05 Å². The zero-order valence-corrected chi connectivity index (χ0v) is 16.5. The summed E-state index contributed by atoms with van der Waals surface area (Å²) in [5.41, 5.74) is 2.90. The number of carbonyl (C=O) groups is 2. The highest BCUT2D eigenvalue weighted by molar-refractivity contribution is 6.13. The van der Waals surface area contributed by atoms with Crippen molar-refractivity contribution in [2.75, 3.05) is 18.4 Å². The molecule has 5 heteroatoms. The number of rotatable bonds is 6. The van der Waals surface area contributed by atoms with Gasteiger partial charge < -0.3 is 9.88 Å². The number of anilines is 1. The minimum Gasteiger partial charge on any atom is -0.353 e. The molecule has 3 aromatic rings. The average Bonchev–Trinajstić information content (AvgIpc) is 3.36. The van der Waals surface area contributed by atoms with Gasteiger partial charge in [-0.25, -0.2) is 0 Å². The average molecular weight is 387 g/mol. The Morgan fingerprint density at radius 2 is 1.76 bits per heavy atom. The van der Waals surface area contributed by atoms with Gasteiger partial charge >= 0.3 is 0 Å². The van der Waals surface area contributed by atoms with E-state index in [1.54, 1.807) is 24.3 Å². The Balaban J connectivity index is 1.48. The van der Waals surface area contributed by atoms with Gasteiger partial charge in [0.15, 0.2) is 5.78 Å². The Morgan fingerprint density at radius 1 is 1.00 bits per heavy atom. The van der Waals surface area contributed by atoms with Gasteiger partial charge in [0.2, 0.25) is 5.91 Å². The van der Waals surface area contributed by atoms with Crippen LogP contribution in [0.5, 0.6) is 0 Å². The summed E-state index contributed by atoms with van der Waals surface area (Å²) < 4.78 is 2.12. The molecule has 2 aromatic carbocycles. The highest BCUT2D eigenvalue weighted by Crippen LogP contribution is 2.31. The third-order valence-corrected chi connectivity index (χ3v) is 5.52. The van der Waals surface area contributed by atoms with Crippen LogP contribution < -0.4 is 5.32 Å². The number of amides is 1. The first-order valence-corrected chi connectivity index (χ1v) is 9.97. The molecule has 0 unspecified atom stereocenters. The summed E-state index contributed by atoms with van der Waals surface area (Å²) >= 11 is 0. The second-order valence-corrected chi connectivity index (χ2v) is 7.46. The van der Waals surface area contributed by atoms with Gasteiger partial charge in [-0.3, -0.25) is 14.5 Å². The van der Waals surface area contributed by atoms with Gasteiger partial charge in [-0.15, -0.1) is 0 Å². The number of nitrogens with one attached hydrogen (secondary N) is 1. The van der Waals surface area contributed by atoms with E-state index in [0.717, 1.165) is 19.4 Å². The summed E-state index contributed by atoms with van der Waals surface area (Å²) in [4.78, 5) is 27.9. The van der Waals surface area contributed by atoms with Gasteiger partial charge in [0.05, 0.1) is 18.3 Å². The lowest BCUT2D eigenvalue weighted by Crippen LogP contribution is -2.33. The van der Waals surface area contributed by atoms with Crippen LogP contribution in [0.1, 0.15) is 40.5 Å². The fourth-order valence-corrected chi connectivity index (χ4v) is 4.08. The van der Waals surface area contributed by atoms with E-state index >= 15 is 0 Å². The zero-order valence-electron chi connectivity index (χ0n) is 16.5. The molecule has 1 N–H and O–H groups in total. The highest BCUT2D eigenvalue weighted by Gasteiger charge is 2.29. The smallest absolute Gasteiger partial charge is 0.238 e. The molecular weight excluding hydrogens is 362 g/mol. The number of carbonyl (C=O) groups excluding carboxylic acids is 2. The quantitative estimate of drug-likeness (QED) is 0.650. The predicted octanol–water partition coefficient (Wildman–Crippen LogP) is 4.03. The SMILES string of the molecule is Cn1cccc1[C@H]1CCCN1CC(=O)Nc1ccccc1C(=O)c1ccccc1. The number of likely N-dealkylation sites (tertiary alicyclic amines) is 1. The zero-order chi connectivity index (χ0) is 20.2. The minimum atomic E-state index is -0.0978. The van der Waals surface area contributed by atoms with Gasteiger partial charge in [-0.1, -0.05) is 42.5 Å². The number of aryl methyl sites for hydroxylation is 1. The molecule has 1 amide bonds. The largest absolute Gasteiger partial charge is 0.353 e. The molecule has 1 aromatic heterocycles. The van der Waals surface area contributed by atoms with Crippen LogP contribution in [0.15, 0.2) is 72.9 Å². The van der Waals surface area contributed by atoms with Gasteiger partial charge in [0.25, 0.3) is 0 Å². The van der Waals surface area contributed by atoms with Crippen molar-refractivity contribution in [3.8, 4) is 0 Å². The highest BCUT2D eigenvalue weighted by atomic mass is 16.2. The third kappa shape index (κ3) is 4.15. The van der Waals surface area contributed by atoms with Crippen LogP contribution in [0, 0.1) is 0 Å². The summed E-state index contributed by atoms with van der Waals surface area (Å²) in [6.07, 6.45) is 4.16. The molecule has 1 atom stereocenters. The molecule has 0 aliphatic carbocycles. The van der Waals surface area contributed by atoms with Gasteiger partial charge in [0, 0.05) is 30.1 Å². The van der Waals surface area contributed by atoms with Crippen LogP contribution in [-0.2, 0) is 11.8 Å². The molecule has 148 valence electrons. The molecule has 0 saturated carbocycles. The summed E-state index contributed by atoms with van der Waals surface area (Å²) in [7, 11) is 2.04. The molecule has 2 heterocycles. The van der Waals surface area contributed by atoms with Crippen LogP contribution in [0.2, 0.25) is 0 Å². The van der Waals surface area contributed by atoms with E-state index in [2.05, 4.69) is 20.9 Å². The van der Waals surface area contributed by atoms with E-state index in [1.165, 1.54) is 5.69 Å². The maximum absolute atomic E-state index is 12.9. The first-order valence-electron chi connectivity index (χ1n) is 9.97. The molecule has 29 heavy (non-hydrogen) atoms. The normalized spacial score (nSPS) is 16.7. The topological polar surface area (TPSA) is 54.3 Å². The van der Waals surface area contributed by atoms with E-state index in [9.17, 15) is 9.59 Å². The van der Waals surface area contributed by atoms with E-state index in [0.29, 0.717) is 23.4 Å². The van der Waals surface area contributed by atoms with E-state index in [4.69, 9.17) is 0 Å². The number of para-hydroxylation sites is 1. The first kappa shape index (κ1) is 19.2. The van der Waals surface area contributed by atoms with Gasteiger partial charge in [0.1, 0.15) is 0 Å². The number of benzene rings is 2. The molecule has 0 spiro atoms. The Morgan fingerprint density at radius 3 is 2.52 bits per heavy atom. The maximum atomic E-state index is 12.9. The Bertz CT molecular complexity index is 1010. The van der Waals surface area contributed by atoms with E-state index in [-0.39, 0.29) is 17.7 Å². The molecule has 0 radical (unpaired) electrons. The van der Waals surface area contributed by atoms with Crippen LogP contribution in [-0.4, -0.2) is 34.2 Å². The molecule has 4 rings (SSSR count). The van der Waals surface area contributed by atoms with Crippen LogP contribution >= 0.6 is 0 Å². The second-order valence-electron chi connectivity index (χ2n) is 7.46. The first-order chi connectivity index (χ1) is 14.1. The molecule has 1 fully saturated rings.